The molecule has 1 heteroatoms. The molecule has 76 valence electrons. The van der Waals surface area contributed by atoms with Crippen LogP contribution in [0.2, 0.25) is 0 Å². The Kier molecular flexibility index (Phi) is 2.31. The lowest BCUT2D eigenvalue weighted by molar-refractivity contribution is 0.112. The summed E-state index contributed by atoms with van der Waals surface area (Å²) in [5, 5.41) is 2.43. The predicted molar refractivity (Wildman–Crippen MR) is 63.5 cm³/mol. The van der Waals surface area contributed by atoms with Crippen LogP contribution in [0.15, 0.2) is 24.3 Å². The molecular formula is C14H14O. The molecule has 15 heavy (non-hydrogen) atoms. The molecule has 0 heterocycles. The number of hydrogen-bond acceptors (Lipinski definition) is 1. The predicted octanol–water partition coefficient (Wildman–Crippen LogP) is 3.58. The molecule has 0 amide bonds. The van der Waals surface area contributed by atoms with Crippen LogP contribution in [0.1, 0.15) is 27.0 Å². The van der Waals surface area contributed by atoms with Gasteiger partial charge in [0.2, 0.25) is 0 Å². The monoisotopic (exact) mass is 198 g/mol. The Bertz CT molecular complexity index is 539. The van der Waals surface area contributed by atoms with Crippen molar-refractivity contribution in [2.24, 2.45) is 0 Å². The van der Waals surface area contributed by atoms with Crippen molar-refractivity contribution in [2.45, 2.75) is 20.8 Å². The van der Waals surface area contributed by atoms with Gasteiger partial charge in [0.25, 0.3) is 0 Å². The maximum atomic E-state index is 10.8. The van der Waals surface area contributed by atoms with Crippen LogP contribution >= 0.6 is 0 Å². The number of hydrogen-bond donors (Lipinski definition) is 0. The van der Waals surface area contributed by atoms with E-state index in [0.29, 0.717) is 0 Å². The fourth-order valence-corrected chi connectivity index (χ4v) is 2.09. The Morgan fingerprint density at radius 3 is 2.40 bits per heavy atom. The fraction of sp³-hybridized carbons (Fsp3) is 0.214. The van der Waals surface area contributed by atoms with E-state index in [1.807, 2.05) is 19.1 Å². The molecular weight excluding hydrogens is 184 g/mol. The van der Waals surface area contributed by atoms with Crippen molar-refractivity contribution >= 4 is 17.1 Å². The Morgan fingerprint density at radius 2 is 1.73 bits per heavy atom. The van der Waals surface area contributed by atoms with Crippen LogP contribution in [0.3, 0.4) is 0 Å². The third-order valence-corrected chi connectivity index (χ3v) is 2.92. The van der Waals surface area contributed by atoms with E-state index in [1.165, 1.54) is 21.9 Å². The number of carbonyl (C=O) groups excluding carboxylic acids is 1. The van der Waals surface area contributed by atoms with Crippen LogP contribution in [0.25, 0.3) is 10.8 Å². The normalized spacial score (nSPS) is 10.6. The van der Waals surface area contributed by atoms with Gasteiger partial charge in [0, 0.05) is 5.56 Å². The summed E-state index contributed by atoms with van der Waals surface area (Å²) < 4.78 is 0. The number of aryl methyl sites for hydroxylation is 3. The van der Waals surface area contributed by atoms with Crippen molar-refractivity contribution in [3.05, 3.63) is 46.5 Å². The fourth-order valence-electron chi connectivity index (χ4n) is 2.09. The standard InChI is InChI=1S/C14H14O/c1-9-6-10(2)13-5-4-12(8-15)11(3)14(13)7-9/h4-8H,1-3H3. The first-order valence-corrected chi connectivity index (χ1v) is 5.09. The molecule has 2 rings (SSSR count). The van der Waals surface area contributed by atoms with E-state index in [2.05, 4.69) is 26.0 Å². The molecule has 0 saturated heterocycles. The van der Waals surface area contributed by atoms with Gasteiger partial charge in [0.15, 0.2) is 0 Å². The smallest absolute Gasteiger partial charge is 0.150 e. The molecule has 2 aromatic rings. The van der Waals surface area contributed by atoms with Gasteiger partial charge in [-0.15, -0.1) is 0 Å². The Hall–Kier alpha value is -1.63. The average molecular weight is 198 g/mol. The minimum atomic E-state index is 0.785. The number of rotatable bonds is 1. The third-order valence-electron chi connectivity index (χ3n) is 2.92. The van der Waals surface area contributed by atoms with Gasteiger partial charge in [-0.25, -0.2) is 0 Å². The Labute approximate surface area is 89.7 Å². The zero-order valence-corrected chi connectivity index (χ0v) is 9.29. The van der Waals surface area contributed by atoms with Gasteiger partial charge in [0.05, 0.1) is 0 Å². The van der Waals surface area contributed by atoms with Gasteiger partial charge >= 0.3 is 0 Å². The second-order valence-electron chi connectivity index (χ2n) is 4.07. The second kappa shape index (κ2) is 3.50. The van der Waals surface area contributed by atoms with Gasteiger partial charge in [0.1, 0.15) is 6.29 Å². The highest BCUT2D eigenvalue weighted by Crippen LogP contribution is 2.25. The summed E-state index contributed by atoms with van der Waals surface area (Å²) in [6, 6.07) is 8.24. The number of fused-ring (bicyclic) bond motifs is 1. The van der Waals surface area contributed by atoms with Crippen molar-refractivity contribution in [3.63, 3.8) is 0 Å². The zero-order valence-electron chi connectivity index (χ0n) is 9.29. The molecule has 0 aliphatic carbocycles. The van der Waals surface area contributed by atoms with E-state index in [0.717, 1.165) is 17.4 Å². The summed E-state index contributed by atoms with van der Waals surface area (Å²) in [6.07, 6.45) is 0.923. The molecule has 0 unspecified atom stereocenters. The third kappa shape index (κ3) is 1.54. The Balaban J connectivity index is 2.92. The molecule has 2 aromatic carbocycles. The van der Waals surface area contributed by atoms with Gasteiger partial charge < -0.3 is 0 Å². The minimum Gasteiger partial charge on any atom is -0.298 e. The maximum absolute atomic E-state index is 10.8. The van der Waals surface area contributed by atoms with Crippen molar-refractivity contribution in [2.75, 3.05) is 0 Å². The first kappa shape index (κ1) is 9.91. The molecule has 1 nitrogen and oxygen atoms in total. The SMILES string of the molecule is Cc1cc(C)c2ccc(C=O)c(C)c2c1. The van der Waals surface area contributed by atoms with Crippen LogP contribution in [0.4, 0.5) is 0 Å². The second-order valence-corrected chi connectivity index (χ2v) is 4.07. The molecule has 0 fully saturated rings. The number of benzene rings is 2. The topological polar surface area (TPSA) is 17.1 Å². The molecule has 0 spiro atoms. The maximum Gasteiger partial charge on any atom is 0.150 e. The van der Waals surface area contributed by atoms with Crippen LogP contribution in [0.5, 0.6) is 0 Å². The van der Waals surface area contributed by atoms with Crippen LogP contribution in [0, 0.1) is 20.8 Å². The summed E-state index contributed by atoms with van der Waals surface area (Å²) in [5.41, 5.74) is 4.37. The van der Waals surface area contributed by atoms with Crippen molar-refractivity contribution in [1.82, 2.24) is 0 Å². The van der Waals surface area contributed by atoms with E-state index in [4.69, 9.17) is 0 Å². The quantitative estimate of drug-likeness (QED) is 0.640. The van der Waals surface area contributed by atoms with Crippen molar-refractivity contribution in [3.8, 4) is 0 Å². The van der Waals surface area contributed by atoms with E-state index >= 15 is 0 Å². The first-order chi connectivity index (χ1) is 7.13. The van der Waals surface area contributed by atoms with E-state index in [9.17, 15) is 4.79 Å². The number of aldehydes is 1. The van der Waals surface area contributed by atoms with Crippen molar-refractivity contribution in [1.29, 1.82) is 0 Å². The van der Waals surface area contributed by atoms with E-state index in [-0.39, 0.29) is 0 Å². The van der Waals surface area contributed by atoms with Gasteiger partial charge in [-0.3, -0.25) is 4.79 Å². The highest BCUT2D eigenvalue weighted by atomic mass is 16.1. The molecule has 0 atom stereocenters. The minimum absolute atomic E-state index is 0.785. The summed E-state index contributed by atoms with van der Waals surface area (Å²) >= 11 is 0. The lowest BCUT2D eigenvalue weighted by Gasteiger charge is -2.08. The zero-order chi connectivity index (χ0) is 11.0. The van der Waals surface area contributed by atoms with Crippen LogP contribution < -0.4 is 0 Å². The summed E-state index contributed by atoms with van der Waals surface area (Å²) in [5.74, 6) is 0. The lowest BCUT2D eigenvalue weighted by atomic mass is 9.96. The molecule has 0 aliphatic rings. The van der Waals surface area contributed by atoms with Crippen LogP contribution in [-0.4, -0.2) is 6.29 Å². The van der Waals surface area contributed by atoms with E-state index < -0.39 is 0 Å². The molecule has 0 aliphatic heterocycles. The Morgan fingerprint density at radius 1 is 1.00 bits per heavy atom. The first-order valence-electron chi connectivity index (χ1n) is 5.09. The summed E-state index contributed by atoms with van der Waals surface area (Å²) in [4.78, 5) is 10.8. The largest absolute Gasteiger partial charge is 0.298 e. The van der Waals surface area contributed by atoms with Gasteiger partial charge in [-0.1, -0.05) is 29.8 Å². The summed E-state index contributed by atoms with van der Waals surface area (Å²) in [7, 11) is 0. The van der Waals surface area contributed by atoms with Gasteiger partial charge in [-0.2, -0.15) is 0 Å². The molecule has 0 saturated carbocycles. The lowest BCUT2D eigenvalue weighted by Crippen LogP contribution is -1.90. The highest BCUT2D eigenvalue weighted by Gasteiger charge is 2.05. The van der Waals surface area contributed by atoms with Gasteiger partial charge in [-0.05, 0) is 42.7 Å². The molecule has 0 radical (unpaired) electrons. The number of carbonyl (C=O) groups is 1. The average Bonchev–Trinajstić information content (AvgIpc) is 2.19. The van der Waals surface area contributed by atoms with Crippen LogP contribution in [-0.2, 0) is 0 Å². The van der Waals surface area contributed by atoms with E-state index in [1.54, 1.807) is 0 Å². The molecule has 0 bridgehead atoms. The molecule has 0 aromatic heterocycles. The highest BCUT2D eigenvalue weighted by molar-refractivity contribution is 5.94. The van der Waals surface area contributed by atoms with Crippen molar-refractivity contribution < 1.29 is 4.79 Å². The summed E-state index contributed by atoms with van der Waals surface area (Å²) in [6.45, 7) is 6.19. The molecule has 0 N–H and O–H groups in total.